The van der Waals surface area contributed by atoms with E-state index in [2.05, 4.69) is 15.2 Å². The van der Waals surface area contributed by atoms with Crippen molar-refractivity contribution in [2.45, 2.75) is 12.6 Å². The Morgan fingerprint density at radius 1 is 1.29 bits per heavy atom. The van der Waals surface area contributed by atoms with E-state index in [4.69, 9.17) is 0 Å². The van der Waals surface area contributed by atoms with Gasteiger partial charge in [-0.05, 0) is 12.1 Å². The lowest BCUT2D eigenvalue weighted by molar-refractivity contribution is -0.141. The molecule has 0 atom stereocenters. The third-order valence-corrected chi connectivity index (χ3v) is 2.40. The number of aromatic amines is 1. The zero-order chi connectivity index (χ0) is 15.6. The molecule has 0 unspecified atom stereocenters. The van der Waals surface area contributed by atoms with Crippen molar-refractivity contribution >= 4 is 11.6 Å². The van der Waals surface area contributed by atoms with Crippen LogP contribution in [0, 0.1) is 0 Å². The van der Waals surface area contributed by atoms with E-state index in [9.17, 15) is 26.7 Å². The van der Waals surface area contributed by atoms with Crippen molar-refractivity contribution in [2.75, 3.05) is 5.32 Å². The highest BCUT2D eigenvalue weighted by molar-refractivity contribution is 6.03. The first-order valence-electron chi connectivity index (χ1n) is 5.46. The van der Waals surface area contributed by atoms with Crippen molar-refractivity contribution in [2.24, 2.45) is 0 Å². The minimum atomic E-state index is -4.71. The lowest BCUT2D eigenvalue weighted by Gasteiger charge is -2.08. The number of hydrogen-bond acceptors (Lipinski definition) is 3. The lowest BCUT2D eigenvalue weighted by Crippen LogP contribution is -2.17. The summed E-state index contributed by atoms with van der Waals surface area (Å²) in [6.45, 7) is 0. The van der Waals surface area contributed by atoms with Gasteiger partial charge in [-0.3, -0.25) is 9.89 Å². The highest BCUT2D eigenvalue weighted by Crippen LogP contribution is 2.28. The van der Waals surface area contributed by atoms with Gasteiger partial charge in [-0.25, -0.2) is 13.8 Å². The first-order valence-corrected chi connectivity index (χ1v) is 5.46. The molecule has 2 aromatic rings. The molecule has 0 radical (unpaired) electrons. The van der Waals surface area contributed by atoms with Crippen molar-refractivity contribution in [1.29, 1.82) is 0 Å². The summed E-state index contributed by atoms with van der Waals surface area (Å²) in [5.74, 6) is -1.05. The van der Waals surface area contributed by atoms with Crippen molar-refractivity contribution in [1.82, 2.24) is 15.2 Å². The standard InChI is InChI=1S/C11H7F5N4O/c12-9(13)8-6(4-17-20-8)19-10(21)5-2-1-3-7(18-5)11(14,15)16/h1-4,9H,(H,17,20)(H,19,21). The van der Waals surface area contributed by atoms with Gasteiger partial charge in [-0.2, -0.15) is 18.3 Å². The predicted octanol–water partition coefficient (Wildman–Crippen LogP) is 3.01. The number of H-pyrrole nitrogens is 1. The van der Waals surface area contributed by atoms with Crippen LogP contribution in [0.4, 0.5) is 27.6 Å². The van der Waals surface area contributed by atoms with Gasteiger partial charge in [-0.1, -0.05) is 6.07 Å². The third kappa shape index (κ3) is 3.33. The van der Waals surface area contributed by atoms with Crippen LogP contribution in [0.2, 0.25) is 0 Å². The number of pyridine rings is 1. The molecule has 2 aromatic heterocycles. The number of carbonyl (C=O) groups excluding carboxylic acids is 1. The smallest absolute Gasteiger partial charge is 0.318 e. The van der Waals surface area contributed by atoms with Crippen LogP contribution in [0.3, 0.4) is 0 Å². The molecule has 2 rings (SSSR count). The summed E-state index contributed by atoms with van der Waals surface area (Å²) in [6, 6.07) is 2.72. The Balaban J connectivity index is 2.23. The molecule has 5 nitrogen and oxygen atoms in total. The van der Waals surface area contributed by atoms with Gasteiger partial charge < -0.3 is 5.32 Å². The number of anilines is 1. The highest BCUT2D eigenvalue weighted by atomic mass is 19.4. The largest absolute Gasteiger partial charge is 0.433 e. The number of hydrogen-bond donors (Lipinski definition) is 2. The Morgan fingerprint density at radius 3 is 2.62 bits per heavy atom. The number of carbonyl (C=O) groups is 1. The Labute approximate surface area is 114 Å². The van der Waals surface area contributed by atoms with Gasteiger partial charge in [0.2, 0.25) is 0 Å². The molecule has 0 aliphatic rings. The van der Waals surface area contributed by atoms with Crippen molar-refractivity contribution in [3.63, 3.8) is 0 Å². The fourth-order valence-corrected chi connectivity index (χ4v) is 1.47. The molecule has 21 heavy (non-hydrogen) atoms. The zero-order valence-electron chi connectivity index (χ0n) is 10.1. The molecule has 0 aromatic carbocycles. The number of halogens is 5. The third-order valence-electron chi connectivity index (χ3n) is 2.40. The number of nitrogens with one attached hydrogen (secondary N) is 2. The fraction of sp³-hybridized carbons (Fsp3) is 0.182. The van der Waals surface area contributed by atoms with E-state index in [0.29, 0.717) is 6.07 Å². The molecule has 0 bridgehead atoms. The van der Waals surface area contributed by atoms with Crippen molar-refractivity contribution in [3.8, 4) is 0 Å². The van der Waals surface area contributed by atoms with Crippen LogP contribution in [0.1, 0.15) is 28.3 Å². The lowest BCUT2D eigenvalue weighted by atomic mass is 10.2. The first kappa shape index (κ1) is 14.9. The number of nitrogens with zero attached hydrogens (tertiary/aromatic N) is 2. The molecule has 0 saturated heterocycles. The minimum Gasteiger partial charge on any atom is -0.318 e. The van der Waals surface area contributed by atoms with E-state index in [1.807, 2.05) is 5.32 Å². The molecular formula is C11H7F5N4O. The molecule has 0 fully saturated rings. The molecule has 0 aliphatic carbocycles. The van der Waals surface area contributed by atoms with Crippen LogP contribution >= 0.6 is 0 Å². The van der Waals surface area contributed by atoms with Gasteiger partial charge >= 0.3 is 6.18 Å². The van der Waals surface area contributed by atoms with Gasteiger partial charge in [0.1, 0.15) is 11.4 Å². The molecular weight excluding hydrogens is 299 g/mol. The summed E-state index contributed by atoms with van der Waals surface area (Å²) in [7, 11) is 0. The van der Waals surface area contributed by atoms with E-state index >= 15 is 0 Å². The number of rotatable bonds is 3. The molecule has 0 saturated carbocycles. The van der Waals surface area contributed by atoms with Gasteiger partial charge in [0.25, 0.3) is 12.3 Å². The van der Waals surface area contributed by atoms with Gasteiger partial charge in [0, 0.05) is 6.20 Å². The molecule has 112 valence electrons. The Bertz CT molecular complexity index is 652. The quantitative estimate of drug-likeness (QED) is 0.856. The number of amides is 1. The SMILES string of the molecule is O=C(Nc1c[nH]nc1C(F)F)c1cccc(C(F)(F)F)n1. The van der Waals surface area contributed by atoms with Crippen LogP contribution in [-0.2, 0) is 6.18 Å². The molecule has 0 aliphatic heterocycles. The second-order valence-corrected chi connectivity index (χ2v) is 3.84. The zero-order valence-corrected chi connectivity index (χ0v) is 10.1. The fourth-order valence-electron chi connectivity index (χ4n) is 1.47. The Kier molecular flexibility index (Phi) is 3.87. The summed E-state index contributed by atoms with van der Waals surface area (Å²) < 4.78 is 62.5. The van der Waals surface area contributed by atoms with E-state index in [1.165, 1.54) is 0 Å². The topological polar surface area (TPSA) is 70.7 Å². The average molecular weight is 306 g/mol. The van der Waals surface area contributed by atoms with Crippen LogP contribution in [-0.4, -0.2) is 21.1 Å². The highest BCUT2D eigenvalue weighted by Gasteiger charge is 2.33. The molecule has 2 heterocycles. The predicted molar refractivity (Wildman–Crippen MR) is 60.7 cm³/mol. The minimum absolute atomic E-state index is 0.325. The first-order chi connectivity index (χ1) is 9.79. The van der Waals surface area contributed by atoms with E-state index in [1.54, 1.807) is 0 Å². The van der Waals surface area contributed by atoms with Crippen LogP contribution in [0.25, 0.3) is 0 Å². The monoisotopic (exact) mass is 306 g/mol. The summed E-state index contributed by atoms with van der Waals surface area (Å²) in [4.78, 5) is 14.9. The Morgan fingerprint density at radius 2 is 2.00 bits per heavy atom. The van der Waals surface area contributed by atoms with Gasteiger partial charge in [0.05, 0.1) is 5.69 Å². The van der Waals surface area contributed by atoms with Gasteiger partial charge in [-0.15, -0.1) is 0 Å². The molecule has 0 spiro atoms. The van der Waals surface area contributed by atoms with Crippen LogP contribution in [0.5, 0.6) is 0 Å². The maximum atomic E-state index is 12.5. The normalized spacial score (nSPS) is 11.7. The van der Waals surface area contributed by atoms with Crippen LogP contribution < -0.4 is 5.32 Å². The summed E-state index contributed by atoms with van der Waals surface area (Å²) in [5.41, 5.74) is -2.84. The van der Waals surface area contributed by atoms with E-state index in [-0.39, 0.29) is 5.69 Å². The Hall–Kier alpha value is -2.52. The number of aromatic nitrogens is 3. The second-order valence-electron chi connectivity index (χ2n) is 3.84. The maximum Gasteiger partial charge on any atom is 0.433 e. The van der Waals surface area contributed by atoms with E-state index in [0.717, 1.165) is 18.3 Å². The van der Waals surface area contributed by atoms with Crippen LogP contribution in [0.15, 0.2) is 24.4 Å². The number of alkyl halides is 5. The second kappa shape index (κ2) is 5.46. The van der Waals surface area contributed by atoms with Gasteiger partial charge in [0.15, 0.2) is 5.69 Å². The summed E-state index contributed by atoms with van der Waals surface area (Å²) >= 11 is 0. The van der Waals surface area contributed by atoms with E-state index < -0.39 is 35.6 Å². The van der Waals surface area contributed by atoms with Crippen molar-refractivity contribution < 1.29 is 26.7 Å². The molecule has 2 N–H and O–H groups in total. The molecule has 1 amide bonds. The summed E-state index contributed by atoms with van der Waals surface area (Å²) in [6.07, 6.45) is -6.66. The summed E-state index contributed by atoms with van der Waals surface area (Å²) in [5, 5.41) is 7.38. The average Bonchev–Trinajstić information content (AvgIpc) is 2.86. The molecule has 10 heteroatoms. The van der Waals surface area contributed by atoms with Crippen molar-refractivity contribution in [3.05, 3.63) is 41.5 Å². The maximum absolute atomic E-state index is 12.5.